The van der Waals surface area contributed by atoms with Gasteiger partial charge in [-0.05, 0) is 24.3 Å². The molecule has 1 aromatic carbocycles. The average molecular weight is 465 g/mol. The molecule has 11 heteroatoms. The highest BCUT2D eigenvalue weighted by molar-refractivity contribution is 6.31. The summed E-state index contributed by atoms with van der Waals surface area (Å²) >= 11 is 5.81. The molecule has 5 rings (SSSR count). The molecule has 32 heavy (non-hydrogen) atoms. The number of hydrogen-bond donors (Lipinski definition) is 1. The number of halogens is 4. The van der Waals surface area contributed by atoms with E-state index in [9.17, 15) is 13.2 Å². The molecule has 1 spiro atoms. The molecule has 0 unspecified atom stereocenters. The van der Waals surface area contributed by atoms with Crippen molar-refractivity contribution in [1.82, 2.24) is 19.7 Å². The van der Waals surface area contributed by atoms with Crippen molar-refractivity contribution in [2.75, 3.05) is 30.4 Å². The summed E-state index contributed by atoms with van der Waals surface area (Å²) in [7, 11) is 3.05. The minimum absolute atomic E-state index is 0.0235. The lowest BCUT2D eigenvalue weighted by atomic mass is 9.61. The Hall–Kier alpha value is -3.01. The van der Waals surface area contributed by atoms with Gasteiger partial charge in [0.25, 0.3) is 0 Å². The molecule has 1 aliphatic heterocycles. The summed E-state index contributed by atoms with van der Waals surface area (Å²) in [6.45, 7) is 1.20. The first-order valence-corrected chi connectivity index (χ1v) is 10.4. The van der Waals surface area contributed by atoms with E-state index in [0.29, 0.717) is 36.1 Å². The second kappa shape index (κ2) is 7.26. The lowest BCUT2D eigenvalue weighted by Gasteiger charge is -2.59. The summed E-state index contributed by atoms with van der Waals surface area (Å²) in [5.74, 6) is -1.66. The Morgan fingerprint density at radius 1 is 1.16 bits per heavy atom. The van der Waals surface area contributed by atoms with Crippen LogP contribution in [-0.4, -0.2) is 45.9 Å². The van der Waals surface area contributed by atoms with Crippen LogP contribution in [0, 0.1) is 11.2 Å². The van der Waals surface area contributed by atoms with Crippen molar-refractivity contribution in [3.8, 4) is 17.1 Å². The fourth-order valence-corrected chi connectivity index (χ4v) is 4.61. The summed E-state index contributed by atoms with van der Waals surface area (Å²) in [5, 5.41) is 7.35. The number of aromatic nitrogens is 4. The van der Waals surface area contributed by atoms with Crippen molar-refractivity contribution in [1.29, 1.82) is 0 Å². The summed E-state index contributed by atoms with van der Waals surface area (Å²) in [6, 6.07) is 6.68. The van der Waals surface area contributed by atoms with Crippen LogP contribution in [0.4, 0.5) is 30.6 Å². The Morgan fingerprint density at radius 2 is 1.91 bits per heavy atom. The molecule has 3 heterocycles. The van der Waals surface area contributed by atoms with E-state index in [2.05, 4.69) is 20.4 Å². The van der Waals surface area contributed by atoms with E-state index in [1.54, 1.807) is 19.3 Å². The Bertz CT molecular complexity index is 1170. The van der Waals surface area contributed by atoms with E-state index in [-0.39, 0.29) is 29.0 Å². The monoisotopic (exact) mass is 464 g/mol. The Balaban J connectivity index is 1.30. The zero-order chi connectivity index (χ0) is 22.7. The summed E-state index contributed by atoms with van der Waals surface area (Å²) < 4.78 is 47.2. The van der Waals surface area contributed by atoms with Crippen LogP contribution in [-0.2, 0) is 7.05 Å². The molecule has 2 fully saturated rings. The molecule has 1 saturated heterocycles. The van der Waals surface area contributed by atoms with Crippen molar-refractivity contribution >= 4 is 29.1 Å². The van der Waals surface area contributed by atoms with Crippen LogP contribution in [0.25, 0.3) is 11.4 Å². The number of alkyl halides is 2. The number of rotatable bonds is 5. The first-order chi connectivity index (χ1) is 15.2. The second-order valence-corrected chi connectivity index (χ2v) is 8.83. The topological polar surface area (TPSA) is 68.1 Å². The van der Waals surface area contributed by atoms with Crippen LogP contribution in [0.15, 0.2) is 30.5 Å². The third-order valence-electron chi connectivity index (χ3n) is 5.91. The Labute approximate surface area is 187 Å². The summed E-state index contributed by atoms with van der Waals surface area (Å²) in [4.78, 5) is 10.9. The summed E-state index contributed by atoms with van der Waals surface area (Å²) in [6.07, 6.45) is 1.58. The first kappa shape index (κ1) is 20.9. The quantitative estimate of drug-likeness (QED) is 0.592. The largest absolute Gasteiger partial charge is 0.492 e. The van der Waals surface area contributed by atoms with Crippen molar-refractivity contribution in [3.05, 3.63) is 41.3 Å². The van der Waals surface area contributed by atoms with Gasteiger partial charge in [0.05, 0.1) is 17.8 Å². The highest BCUT2D eigenvalue weighted by atomic mass is 35.5. The standard InChI is InChI=1S/C21H20ClF3N6O/c1-30-19(27-14-5-4-13(22)16(23)17(14)32-2)28-18(29-30)12-3-6-15(26-7-12)31-10-20(11-31)8-21(24,25)9-20/h3-7H,8-11H2,1-2H3,(H,27,28,29). The number of nitrogens with one attached hydrogen (secondary N) is 1. The normalized spacial score (nSPS) is 18.2. The lowest BCUT2D eigenvalue weighted by Crippen LogP contribution is -2.66. The molecular weight excluding hydrogens is 445 g/mol. The predicted molar refractivity (Wildman–Crippen MR) is 114 cm³/mol. The molecule has 0 radical (unpaired) electrons. The number of nitrogens with zero attached hydrogens (tertiary/aromatic N) is 5. The number of ether oxygens (including phenoxy) is 1. The van der Waals surface area contributed by atoms with Gasteiger partial charge in [-0.2, -0.15) is 4.98 Å². The van der Waals surface area contributed by atoms with Crippen LogP contribution in [0.1, 0.15) is 12.8 Å². The van der Waals surface area contributed by atoms with Gasteiger partial charge in [-0.1, -0.05) is 11.6 Å². The second-order valence-electron chi connectivity index (χ2n) is 8.42. The summed E-state index contributed by atoms with van der Waals surface area (Å²) in [5.41, 5.74) is 0.796. The molecule has 168 valence electrons. The van der Waals surface area contributed by atoms with Crippen molar-refractivity contribution in [2.24, 2.45) is 12.5 Å². The van der Waals surface area contributed by atoms with Crippen molar-refractivity contribution in [2.45, 2.75) is 18.8 Å². The van der Waals surface area contributed by atoms with Crippen LogP contribution in [0.5, 0.6) is 5.75 Å². The number of hydrogen-bond acceptors (Lipinski definition) is 6. The fraction of sp³-hybridized carbons (Fsp3) is 0.381. The number of methoxy groups -OCH3 is 1. The average Bonchev–Trinajstić information content (AvgIpc) is 3.07. The van der Waals surface area contributed by atoms with Gasteiger partial charge in [-0.3, -0.25) is 0 Å². The third-order valence-corrected chi connectivity index (χ3v) is 6.21. The van der Waals surface area contributed by atoms with Gasteiger partial charge in [0.2, 0.25) is 11.9 Å². The minimum Gasteiger partial charge on any atom is -0.492 e. The molecule has 1 N–H and O–H groups in total. The third kappa shape index (κ3) is 3.52. The predicted octanol–water partition coefficient (Wildman–Crippen LogP) is 4.66. The highest BCUT2D eigenvalue weighted by Gasteiger charge is 2.61. The molecule has 0 bridgehead atoms. The number of benzene rings is 1. The fourth-order valence-electron chi connectivity index (χ4n) is 4.47. The number of anilines is 3. The minimum atomic E-state index is -2.51. The van der Waals surface area contributed by atoms with Gasteiger partial charge in [0.15, 0.2) is 17.4 Å². The first-order valence-electron chi connectivity index (χ1n) is 9.98. The molecule has 2 aliphatic rings. The molecule has 3 aromatic rings. The number of pyridine rings is 1. The maximum atomic E-state index is 14.2. The maximum Gasteiger partial charge on any atom is 0.249 e. The van der Waals surface area contributed by atoms with Gasteiger partial charge in [0.1, 0.15) is 5.82 Å². The van der Waals surface area contributed by atoms with Gasteiger partial charge in [0, 0.05) is 50.2 Å². The molecule has 7 nitrogen and oxygen atoms in total. The van der Waals surface area contributed by atoms with Crippen LogP contribution in [0.2, 0.25) is 5.02 Å². The maximum absolute atomic E-state index is 14.2. The molecular formula is C21H20ClF3N6O. The van der Waals surface area contributed by atoms with Crippen molar-refractivity contribution in [3.63, 3.8) is 0 Å². The van der Waals surface area contributed by atoms with E-state index in [1.807, 2.05) is 17.0 Å². The van der Waals surface area contributed by atoms with E-state index in [4.69, 9.17) is 16.3 Å². The molecule has 0 atom stereocenters. The van der Waals surface area contributed by atoms with E-state index in [0.717, 1.165) is 5.82 Å². The van der Waals surface area contributed by atoms with Gasteiger partial charge < -0.3 is 15.0 Å². The van der Waals surface area contributed by atoms with E-state index < -0.39 is 11.7 Å². The smallest absolute Gasteiger partial charge is 0.249 e. The van der Waals surface area contributed by atoms with Gasteiger partial charge in [-0.15, -0.1) is 5.10 Å². The van der Waals surface area contributed by atoms with Gasteiger partial charge >= 0.3 is 0 Å². The van der Waals surface area contributed by atoms with E-state index >= 15 is 0 Å². The molecule has 0 amide bonds. The highest BCUT2D eigenvalue weighted by Crippen LogP contribution is 2.57. The van der Waals surface area contributed by atoms with Crippen LogP contribution < -0.4 is 15.0 Å². The lowest BCUT2D eigenvalue weighted by molar-refractivity contribution is -0.170. The molecule has 2 aromatic heterocycles. The molecule has 1 aliphatic carbocycles. The van der Waals surface area contributed by atoms with E-state index in [1.165, 1.54) is 17.9 Å². The van der Waals surface area contributed by atoms with Crippen molar-refractivity contribution < 1.29 is 17.9 Å². The molecule has 1 saturated carbocycles. The Morgan fingerprint density at radius 3 is 2.53 bits per heavy atom. The van der Waals surface area contributed by atoms with Gasteiger partial charge in [-0.25, -0.2) is 22.8 Å². The van der Waals surface area contributed by atoms with Crippen LogP contribution >= 0.6 is 11.6 Å². The van der Waals surface area contributed by atoms with Crippen LogP contribution in [0.3, 0.4) is 0 Å². The SMILES string of the molecule is COc1c(Nc2nc(-c3ccc(N4CC5(C4)CC(F)(F)C5)nc3)nn2C)ccc(Cl)c1F. The Kier molecular flexibility index (Phi) is 4.74. The zero-order valence-corrected chi connectivity index (χ0v) is 18.1. The zero-order valence-electron chi connectivity index (χ0n) is 17.4. The number of aryl methyl sites for hydroxylation is 1.